The lowest BCUT2D eigenvalue weighted by Crippen LogP contribution is -2.56. The third-order valence-electron chi connectivity index (χ3n) is 3.25. The summed E-state index contributed by atoms with van der Waals surface area (Å²) in [5.74, 6) is -1.68. The maximum atomic E-state index is 12.1. The van der Waals surface area contributed by atoms with Crippen molar-refractivity contribution in [1.82, 2.24) is 10.2 Å². The maximum Gasteiger partial charge on any atom is 0.410 e. The van der Waals surface area contributed by atoms with Crippen LogP contribution in [0.3, 0.4) is 0 Å². The summed E-state index contributed by atoms with van der Waals surface area (Å²) in [6.07, 6.45) is -1.28. The van der Waals surface area contributed by atoms with Crippen molar-refractivity contribution in [1.29, 1.82) is 0 Å². The second-order valence-corrected chi connectivity index (χ2v) is 4.80. The van der Waals surface area contributed by atoms with Gasteiger partial charge in [0.1, 0.15) is 6.61 Å². The van der Waals surface area contributed by atoms with Crippen LogP contribution in [-0.2, 0) is 30.5 Å². The number of hydrogen-bond donors (Lipinski definition) is 1. The van der Waals surface area contributed by atoms with Gasteiger partial charge in [-0.05, 0) is 12.5 Å². The molecule has 1 heterocycles. The van der Waals surface area contributed by atoms with Crippen molar-refractivity contribution < 1.29 is 28.7 Å². The molecule has 1 aliphatic heterocycles. The number of likely N-dealkylation sites (tertiary alicyclic amines) is 1. The molecule has 1 aliphatic rings. The summed E-state index contributed by atoms with van der Waals surface area (Å²) in [7, 11) is 0. The van der Waals surface area contributed by atoms with Crippen molar-refractivity contribution in [2.24, 2.45) is 0 Å². The van der Waals surface area contributed by atoms with Crippen LogP contribution in [0, 0.1) is 0 Å². The van der Waals surface area contributed by atoms with Crippen molar-refractivity contribution in [3.05, 3.63) is 35.9 Å². The van der Waals surface area contributed by atoms with Gasteiger partial charge in [-0.3, -0.25) is 19.7 Å². The van der Waals surface area contributed by atoms with E-state index in [2.05, 4.69) is 5.32 Å². The standard InChI is InChI=1S/C15H16N2O6/c1-2-23-15(8-12(19)17(10-18)13(15)20)16-14(21)22-9-11-6-4-3-5-7-11/h3-7,10H,2,8-9H2,1H3,(H,16,21)/t15-/m1/s1. The van der Waals surface area contributed by atoms with Gasteiger partial charge in [-0.2, -0.15) is 0 Å². The van der Waals surface area contributed by atoms with Gasteiger partial charge in [0.15, 0.2) is 0 Å². The molecule has 1 saturated heterocycles. The third-order valence-corrected chi connectivity index (χ3v) is 3.25. The average molecular weight is 320 g/mol. The van der Waals surface area contributed by atoms with E-state index in [0.29, 0.717) is 4.90 Å². The van der Waals surface area contributed by atoms with Crippen molar-refractivity contribution in [2.45, 2.75) is 25.7 Å². The minimum absolute atomic E-state index is 0.00555. The van der Waals surface area contributed by atoms with E-state index in [1.54, 1.807) is 31.2 Å². The number of ether oxygens (including phenoxy) is 2. The van der Waals surface area contributed by atoms with Crippen molar-refractivity contribution in [3.63, 3.8) is 0 Å². The SMILES string of the molecule is CCO[C@]1(NC(=O)OCc2ccccc2)CC(=O)N(C=O)C1=O. The Bertz CT molecular complexity index is 618. The number of imide groups is 3. The van der Waals surface area contributed by atoms with Crippen LogP contribution in [-0.4, -0.2) is 41.5 Å². The molecule has 4 amide bonds. The lowest BCUT2D eigenvalue weighted by Gasteiger charge is -2.26. The molecule has 0 saturated carbocycles. The van der Waals surface area contributed by atoms with Gasteiger partial charge in [-0.25, -0.2) is 9.69 Å². The third kappa shape index (κ3) is 3.54. The predicted molar refractivity (Wildman–Crippen MR) is 76.7 cm³/mol. The second-order valence-electron chi connectivity index (χ2n) is 4.80. The minimum Gasteiger partial charge on any atom is -0.445 e. The van der Waals surface area contributed by atoms with Gasteiger partial charge >= 0.3 is 6.09 Å². The van der Waals surface area contributed by atoms with Gasteiger partial charge in [0.25, 0.3) is 5.91 Å². The van der Waals surface area contributed by atoms with Crippen LogP contribution in [0.1, 0.15) is 18.9 Å². The fraction of sp³-hybridized carbons (Fsp3) is 0.333. The monoisotopic (exact) mass is 320 g/mol. The van der Waals surface area contributed by atoms with Crippen LogP contribution in [0.4, 0.5) is 4.79 Å². The van der Waals surface area contributed by atoms with Crippen LogP contribution in [0.15, 0.2) is 30.3 Å². The summed E-state index contributed by atoms with van der Waals surface area (Å²) < 4.78 is 10.3. The van der Waals surface area contributed by atoms with E-state index in [1.165, 1.54) is 0 Å². The Kier molecular flexibility index (Phi) is 5.07. The minimum atomic E-state index is -1.90. The summed E-state index contributed by atoms with van der Waals surface area (Å²) in [6.45, 7) is 1.65. The number of nitrogens with zero attached hydrogens (tertiary/aromatic N) is 1. The Balaban J connectivity index is 2.04. The molecule has 2 rings (SSSR count). The van der Waals surface area contributed by atoms with Crippen LogP contribution in [0.5, 0.6) is 0 Å². The van der Waals surface area contributed by atoms with Crippen molar-refractivity contribution in [3.8, 4) is 0 Å². The number of carbonyl (C=O) groups excluding carboxylic acids is 4. The molecular formula is C15H16N2O6. The summed E-state index contributed by atoms with van der Waals surface area (Å²) in [5, 5.41) is 2.25. The first-order valence-corrected chi connectivity index (χ1v) is 6.97. The largest absolute Gasteiger partial charge is 0.445 e. The first-order valence-electron chi connectivity index (χ1n) is 6.97. The van der Waals surface area contributed by atoms with Crippen molar-refractivity contribution >= 4 is 24.3 Å². The normalized spacial score (nSPS) is 20.5. The first kappa shape index (κ1) is 16.6. The van der Waals surface area contributed by atoms with Gasteiger partial charge in [0, 0.05) is 6.61 Å². The summed E-state index contributed by atoms with van der Waals surface area (Å²) in [6, 6.07) is 8.94. The number of carbonyl (C=O) groups is 4. The fourth-order valence-corrected chi connectivity index (χ4v) is 2.21. The van der Waals surface area contributed by atoms with E-state index in [9.17, 15) is 19.2 Å². The van der Waals surface area contributed by atoms with Gasteiger partial charge in [-0.15, -0.1) is 0 Å². The van der Waals surface area contributed by atoms with E-state index in [0.717, 1.165) is 5.56 Å². The smallest absolute Gasteiger partial charge is 0.410 e. The van der Waals surface area contributed by atoms with Crippen LogP contribution in [0.2, 0.25) is 0 Å². The molecule has 8 heteroatoms. The van der Waals surface area contributed by atoms with Gasteiger partial charge < -0.3 is 9.47 Å². The second kappa shape index (κ2) is 7.01. The Morgan fingerprint density at radius 3 is 2.61 bits per heavy atom. The molecule has 0 aliphatic carbocycles. The molecule has 0 bridgehead atoms. The van der Waals surface area contributed by atoms with E-state index in [4.69, 9.17) is 9.47 Å². The van der Waals surface area contributed by atoms with Gasteiger partial charge in [-0.1, -0.05) is 30.3 Å². The zero-order valence-electron chi connectivity index (χ0n) is 12.5. The highest BCUT2D eigenvalue weighted by Crippen LogP contribution is 2.25. The van der Waals surface area contributed by atoms with Crippen molar-refractivity contribution in [2.75, 3.05) is 6.61 Å². The predicted octanol–water partition coefficient (Wildman–Crippen LogP) is 0.561. The van der Waals surface area contributed by atoms with Crippen LogP contribution >= 0.6 is 0 Å². The highest BCUT2D eigenvalue weighted by molar-refractivity contribution is 6.15. The zero-order chi connectivity index (χ0) is 16.9. The van der Waals surface area contributed by atoms with E-state index < -0.39 is 30.1 Å². The molecule has 1 fully saturated rings. The summed E-state index contributed by atoms with van der Waals surface area (Å²) in [4.78, 5) is 46.9. The number of alkyl carbamates (subject to hydrolysis) is 1. The first-order chi connectivity index (χ1) is 11.0. The molecule has 1 N–H and O–H groups in total. The summed E-state index contributed by atoms with van der Waals surface area (Å²) in [5.41, 5.74) is -1.14. The Hall–Kier alpha value is -2.74. The molecule has 0 unspecified atom stereocenters. The Labute approximate surface area is 132 Å². The molecular weight excluding hydrogens is 304 g/mol. The molecule has 0 spiro atoms. The van der Waals surface area contributed by atoms with E-state index >= 15 is 0 Å². The Morgan fingerprint density at radius 1 is 1.35 bits per heavy atom. The van der Waals surface area contributed by atoms with Gasteiger partial charge in [0.05, 0.1) is 6.42 Å². The fourth-order valence-electron chi connectivity index (χ4n) is 2.21. The average Bonchev–Trinajstić information content (AvgIpc) is 2.77. The number of amides is 4. The number of nitrogens with one attached hydrogen (secondary N) is 1. The summed E-state index contributed by atoms with van der Waals surface area (Å²) >= 11 is 0. The highest BCUT2D eigenvalue weighted by Gasteiger charge is 2.54. The quantitative estimate of drug-likeness (QED) is 0.467. The van der Waals surface area contributed by atoms with Crippen LogP contribution < -0.4 is 5.32 Å². The number of hydrogen-bond acceptors (Lipinski definition) is 6. The zero-order valence-corrected chi connectivity index (χ0v) is 12.5. The molecule has 0 radical (unpaired) electrons. The number of rotatable bonds is 6. The molecule has 1 atom stereocenters. The van der Waals surface area contributed by atoms with Crippen LogP contribution in [0.25, 0.3) is 0 Å². The van der Waals surface area contributed by atoms with E-state index in [1.807, 2.05) is 6.07 Å². The lowest BCUT2D eigenvalue weighted by molar-refractivity contribution is -0.155. The topological polar surface area (TPSA) is 102 Å². The molecule has 1 aromatic rings. The lowest BCUT2D eigenvalue weighted by atomic mass is 10.2. The number of benzene rings is 1. The molecule has 0 aromatic heterocycles. The molecule has 8 nitrogen and oxygen atoms in total. The van der Waals surface area contributed by atoms with E-state index in [-0.39, 0.29) is 19.6 Å². The Morgan fingerprint density at radius 2 is 2.04 bits per heavy atom. The highest BCUT2D eigenvalue weighted by atomic mass is 16.6. The maximum absolute atomic E-state index is 12.1. The molecule has 23 heavy (non-hydrogen) atoms. The molecule has 122 valence electrons. The van der Waals surface area contributed by atoms with Gasteiger partial charge in [0.2, 0.25) is 18.0 Å². The molecule has 1 aromatic carbocycles.